The summed E-state index contributed by atoms with van der Waals surface area (Å²) in [7, 11) is 0. The van der Waals surface area contributed by atoms with Gasteiger partial charge in [-0.1, -0.05) is 0 Å². The molecule has 94 valence electrons. The van der Waals surface area contributed by atoms with E-state index in [0.29, 0.717) is 42.6 Å². The first-order valence-corrected chi connectivity index (χ1v) is 6.25. The SMILES string of the molecule is CCOc1ccc(OCC)c(C(=O)CCCl)c1. The van der Waals surface area contributed by atoms with Gasteiger partial charge in [0.25, 0.3) is 0 Å². The second kappa shape index (κ2) is 7.17. The number of hydrogen-bond donors (Lipinski definition) is 0. The number of carbonyl (C=O) groups is 1. The van der Waals surface area contributed by atoms with Crippen LogP contribution in [0.5, 0.6) is 11.5 Å². The minimum atomic E-state index is -0.0231. The lowest BCUT2D eigenvalue weighted by atomic mass is 10.1. The Morgan fingerprint density at radius 1 is 1.24 bits per heavy atom. The van der Waals surface area contributed by atoms with Crippen LogP contribution in [-0.4, -0.2) is 24.9 Å². The number of alkyl halides is 1. The quantitative estimate of drug-likeness (QED) is 0.555. The summed E-state index contributed by atoms with van der Waals surface area (Å²) in [4.78, 5) is 11.9. The molecule has 0 fully saturated rings. The summed E-state index contributed by atoms with van der Waals surface area (Å²) in [5, 5.41) is 0. The van der Waals surface area contributed by atoms with Crippen molar-refractivity contribution >= 4 is 17.4 Å². The third-order valence-corrected chi connectivity index (χ3v) is 2.37. The predicted octanol–water partition coefficient (Wildman–Crippen LogP) is 3.30. The Morgan fingerprint density at radius 3 is 2.53 bits per heavy atom. The molecule has 0 atom stereocenters. The molecule has 3 nitrogen and oxygen atoms in total. The minimum absolute atomic E-state index is 0.0231. The molecule has 0 spiro atoms. The number of hydrogen-bond acceptors (Lipinski definition) is 3. The van der Waals surface area contributed by atoms with Crippen molar-refractivity contribution in [3.63, 3.8) is 0 Å². The van der Waals surface area contributed by atoms with E-state index in [1.165, 1.54) is 0 Å². The average molecular weight is 257 g/mol. The molecule has 0 radical (unpaired) electrons. The van der Waals surface area contributed by atoms with Crippen LogP contribution in [0, 0.1) is 0 Å². The maximum absolute atomic E-state index is 11.9. The maximum Gasteiger partial charge on any atom is 0.167 e. The van der Waals surface area contributed by atoms with E-state index in [1.807, 2.05) is 13.8 Å². The van der Waals surface area contributed by atoms with E-state index in [-0.39, 0.29) is 5.78 Å². The van der Waals surface area contributed by atoms with Crippen LogP contribution in [0.25, 0.3) is 0 Å². The number of carbonyl (C=O) groups excluding carboxylic acids is 1. The first-order chi connectivity index (χ1) is 8.22. The zero-order valence-electron chi connectivity index (χ0n) is 10.2. The molecule has 0 aliphatic rings. The van der Waals surface area contributed by atoms with E-state index >= 15 is 0 Å². The molecule has 0 N–H and O–H groups in total. The van der Waals surface area contributed by atoms with Gasteiger partial charge in [0, 0.05) is 12.3 Å². The predicted molar refractivity (Wildman–Crippen MR) is 68.4 cm³/mol. The molecule has 0 aromatic heterocycles. The highest BCUT2D eigenvalue weighted by Gasteiger charge is 2.13. The van der Waals surface area contributed by atoms with Gasteiger partial charge in [0.1, 0.15) is 11.5 Å². The van der Waals surface area contributed by atoms with Gasteiger partial charge >= 0.3 is 0 Å². The average Bonchev–Trinajstić information content (AvgIpc) is 2.32. The molecule has 0 saturated heterocycles. The monoisotopic (exact) mass is 256 g/mol. The van der Waals surface area contributed by atoms with Crippen molar-refractivity contribution in [2.24, 2.45) is 0 Å². The van der Waals surface area contributed by atoms with E-state index in [0.717, 1.165) is 0 Å². The van der Waals surface area contributed by atoms with Crippen LogP contribution >= 0.6 is 11.6 Å². The van der Waals surface area contributed by atoms with Gasteiger partial charge in [-0.25, -0.2) is 0 Å². The third kappa shape index (κ3) is 3.93. The molecule has 1 aromatic rings. The van der Waals surface area contributed by atoms with Crippen LogP contribution in [0.15, 0.2) is 18.2 Å². The molecule has 0 aliphatic heterocycles. The van der Waals surface area contributed by atoms with E-state index in [2.05, 4.69) is 0 Å². The van der Waals surface area contributed by atoms with Crippen LogP contribution in [0.3, 0.4) is 0 Å². The molecule has 4 heteroatoms. The standard InChI is InChI=1S/C13H17ClO3/c1-3-16-10-5-6-13(17-4-2)11(9-10)12(15)7-8-14/h5-6,9H,3-4,7-8H2,1-2H3. The summed E-state index contributed by atoms with van der Waals surface area (Å²) in [6, 6.07) is 5.27. The van der Waals surface area contributed by atoms with Crippen LogP contribution in [-0.2, 0) is 0 Å². The number of ketones is 1. The highest BCUT2D eigenvalue weighted by atomic mass is 35.5. The van der Waals surface area contributed by atoms with Crippen molar-refractivity contribution in [1.29, 1.82) is 0 Å². The van der Waals surface area contributed by atoms with Gasteiger partial charge in [-0.2, -0.15) is 0 Å². The van der Waals surface area contributed by atoms with E-state index in [9.17, 15) is 4.79 Å². The zero-order valence-corrected chi connectivity index (χ0v) is 10.9. The Kier molecular flexibility index (Phi) is 5.84. The van der Waals surface area contributed by atoms with Crippen molar-refractivity contribution in [3.05, 3.63) is 23.8 Å². The molecule has 1 rings (SSSR count). The molecule has 0 unspecified atom stereocenters. The third-order valence-electron chi connectivity index (χ3n) is 2.18. The van der Waals surface area contributed by atoms with Crippen LogP contribution in [0.1, 0.15) is 30.6 Å². The van der Waals surface area contributed by atoms with E-state index in [4.69, 9.17) is 21.1 Å². The Labute approximate surface area is 107 Å². The van der Waals surface area contributed by atoms with Crippen molar-refractivity contribution in [3.8, 4) is 11.5 Å². The van der Waals surface area contributed by atoms with Gasteiger partial charge < -0.3 is 9.47 Å². The fourth-order valence-electron chi connectivity index (χ4n) is 1.49. The lowest BCUT2D eigenvalue weighted by Gasteiger charge is -2.11. The summed E-state index contributed by atoms with van der Waals surface area (Å²) < 4.78 is 10.8. The lowest BCUT2D eigenvalue weighted by Crippen LogP contribution is -2.05. The van der Waals surface area contributed by atoms with Crippen molar-refractivity contribution < 1.29 is 14.3 Å². The lowest BCUT2D eigenvalue weighted by molar-refractivity contribution is 0.0985. The molecule has 0 bridgehead atoms. The molecule has 0 heterocycles. The highest BCUT2D eigenvalue weighted by molar-refractivity contribution is 6.19. The first-order valence-electron chi connectivity index (χ1n) is 5.71. The van der Waals surface area contributed by atoms with Crippen LogP contribution in [0.4, 0.5) is 0 Å². The summed E-state index contributed by atoms with van der Waals surface area (Å²) in [5.74, 6) is 1.55. The van der Waals surface area contributed by atoms with Gasteiger partial charge in [-0.05, 0) is 32.0 Å². The van der Waals surface area contributed by atoms with Gasteiger partial charge in [0.2, 0.25) is 0 Å². The van der Waals surface area contributed by atoms with Gasteiger partial charge in [-0.3, -0.25) is 4.79 Å². The van der Waals surface area contributed by atoms with Crippen molar-refractivity contribution in [1.82, 2.24) is 0 Å². The zero-order chi connectivity index (χ0) is 12.7. The topological polar surface area (TPSA) is 35.5 Å². The second-order valence-electron chi connectivity index (χ2n) is 3.39. The van der Waals surface area contributed by atoms with Gasteiger partial charge in [0.15, 0.2) is 5.78 Å². The first kappa shape index (κ1) is 13.8. The number of halogens is 1. The van der Waals surface area contributed by atoms with Gasteiger partial charge in [-0.15, -0.1) is 11.6 Å². The fourth-order valence-corrected chi connectivity index (χ4v) is 1.66. The van der Waals surface area contributed by atoms with Crippen molar-refractivity contribution in [2.75, 3.05) is 19.1 Å². The summed E-state index contributed by atoms with van der Waals surface area (Å²) in [6.07, 6.45) is 0.303. The smallest absolute Gasteiger partial charge is 0.167 e. The Morgan fingerprint density at radius 2 is 1.94 bits per heavy atom. The minimum Gasteiger partial charge on any atom is -0.494 e. The van der Waals surface area contributed by atoms with Crippen LogP contribution < -0.4 is 9.47 Å². The normalized spacial score (nSPS) is 10.1. The van der Waals surface area contributed by atoms with Gasteiger partial charge in [0.05, 0.1) is 18.8 Å². The molecule has 0 amide bonds. The fraction of sp³-hybridized carbons (Fsp3) is 0.462. The summed E-state index contributed by atoms with van der Waals surface area (Å²) in [6.45, 7) is 4.87. The Bertz CT molecular complexity index is 377. The second-order valence-corrected chi connectivity index (χ2v) is 3.76. The molecule has 1 aromatic carbocycles. The molecular formula is C13H17ClO3. The highest BCUT2D eigenvalue weighted by Crippen LogP contribution is 2.25. The molecule has 17 heavy (non-hydrogen) atoms. The van der Waals surface area contributed by atoms with E-state index in [1.54, 1.807) is 18.2 Å². The summed E-state index contributed by atoms with van der Waals surface area (Å²) >= 11 is 5.58. The van der Waals surface area contributed by atoms with E-state index < -0.39 is 0 Å². The number of benzene rings is 1. The molecule has 0 aliphatic carbocycles. The largest absolute Gasteiger partial charge is 0.494 e. The number of Topliss-reactive ketones (excluding diaryl/α,β-unsaturated/α-hetero) is 1. The number of rotatable bonds is 7. The summed E-state index contributed by atoms with van der Waals surface area (Å²) in [5.41, 5.74) is 0.540. The van der Waals surface area contributed by atoms with Crippen molar-refractivity contribution in [2.45, 2.75) is 20.3 Å². The Balaban J connectivity index is 3.01. The van der Waals surface area contributed by atoms with Crippen LogP contribution in [0.2, 0.25) is 0 Å². The number of ether oxygens (including phenoxy) is 2. The molecule has 0 saturated carbocycles. The Hall–Kier alpha value is -1.22. The molecular weight excluding hydrogens is 240 g/mol. The maximum atomic E-state index is 11.9.